The third kappa shape index (κ3) is 3.99. The molecular formula is C18H26N6O3S2. The summed E-state index contributed by atoms with van der Waals surface area (Å²) in [6.45, 7) is 3.33. The number of aromatic nitrogens is 2. The highest BCUT2D eigenvalue weighted by Crippen LogP contribution is 2.38. The van der Waals surface area contributed by atoms with E-state index in [-0.39, 0.29) is 6.04 Å². The van der Waals surface area contributed by atoms with Crippen LogP contribution in [0.1, 0.15) is 28.2 Å². The van der Waals surface area contributed by atoms with E-state index in [1.807, 2.05) is 14.0 Å². The van der Waals surface area contributed by atoms with Gasteiger partial charge in [-0.1, -0.05) is 0 Å². The maximum absolute atomic E-state index is 13.2. The van der Waals surface area contributed by atoms with Gasteiger partial charge in [-0.25, -0.2) is 13.8 Å². The van der Waals surface area contributed by atoms with Crippen molar-refractivity contribution in [3.63, 3.8) is 0 Å². The van der Waals surface area contributed by atoms with Crippen LogP contribution >= 0.6 is 11.3 Å². The van der Waals surface area contributed by atoms with E-state index in [4.69, 9.17) is 0 Å². The maximum Gasteiger partial charge on any atom is 0.334 e. The molecule has 3 heterocycles. The Balaban J connectivity index is 1.56. The largest absolute Gasteiger partial charge is 0.334 e. The number of thiophene rings is 1. The van der Waals surface area contributed by atoms with Crippen molar-refractivity contribution in [2.24, 2.45) is 7.05 Å². The summed E-state index contributed by atoms with van der Waals surface area (Å²) in [5, 5.41) is 6.88. The molecule has 11 heteroatoms. The Bertz CT molecular complexity index is 1030. The summed E-state index contributed by atoms with van der Waals surface area (Å²) >= 11 is 1.67. The fraction of sp³-hybridized carbons (Fsp3) is 0.556. The number of fused-ring (bicyclic) bond motifs is 1. The van der Waals surface area contributed by atoms with Crippen molar-refractivity contribution in [3.8, 4) is 0 Å². The van der Waals surface area contributed by atoms with Gasteiger partial charge < -0.3 is 10.2 Å². The molecule has 4 rings (SSSR count). The zero-order chi connectivity index (χ0) is 20.8. The molecule has 0 radical (unpaired) electrons. The fourth-order valence-corrected chi connectivity index (χ4v) is 6.72. The van der Waals surface area contributed by atoms with Crippen LogP contribution in [0.4, 0.5) is 16.2 Å². The highest BCUT2D eigenvalue weighted by Gasteiger charge is 2.36. The van der Waals surface area contributed by atoms with Crippen molar-refractivity contribution < 1.29 is 13.2 Å². The lowest BCUT2D eigenvalue weighted by molar-refractivity contribution is 0.256. The average molecular weight is 439 g/mol. The second-order valence-corrected chi connectivity index (χ2v) is 10.6. The minimum atomic E-state index is -4.10. The molecule has 2 aliphatic rings. The molecule has 9 nitrogen and oxygen atoms in total. The molecule has 2 N–H and O–H groups in total. The molecule has 29 heavy (non-hydrogen) atoms. The van der Waals surface area contributed by atoms with Gasteiger partial charge in [-0.3, -0.25) is 4.68 Å². The van der Waals surface area contributed by atoms with Crippen LogP contribution in [0.25, 0.3) is 0 Å². The van der Waals surface area contributed by atoms with Crippen LogP contribution in [0.3, 0.4) is 0 Å². The minimum Gasteiger partial charge on any atom is -0.306 e. The molecular weight excluding hydrogens is 412 g/mol. The number of carbonyl (C=O) groups is 1. The van der Waals surface area contributed by atoms with Gasteiger partial charge in [0.05, 0.1) is 23.6 Å². The Morgan fingerprint density at radius 2 is 2.14 bits per heavy atom. The third-order valence-corrected chi connectivity index (χ3v) is 8.14. The third-order valence-electron chi connectivity index (χ3n) is 5.46. The van der Waals surface area contributed by atoms with Crippen molar-refractivity contribution in [3.05, 3.63) is 27.7 Å². The second kappa shape index (κ2) is 7.62. The molecule has 2 aromatic rings. The number of likely N-dealkylation sites (N-methyl/N-ethyl adjacent to an activating group) is 1. The van der Waals surface area contributed by atoms with Crippen molar-refractivity contribution in [2.45, 2.75) is 38.6 Å². The van der Waals surface area contributed by atoms with E-state index in [2.05, 4.69) is 20.0 Å². The summed E-state index contributed by atoms with van der Waals surface area (Å²) in [5.41, 5.74) is 2.34. The van der Waals surface area contributed by atoms with Crippen molar-refractivity contribution in [2.75, 3.05) is 29.8 Å². The summed E-state index contributed by atoms with van der Waals surface area (Å²) in [7, 11) is -0.420. The van der Waals surface area contributed by atoms with Crippen LogP contribution < -0.4 is 14.3 Å². The van der Waals surface area contributed by atoms with Gasteiger partial charge in [0.2, 0.25) is 0 Å². The first-order valence-electron chi connectivity index (χ1n) is 9.66. The Morgan fingerprint density at radius 3 is 2.79 bits per heavy atom. The lowest BCUT2D eigenvalue weighted by Crippen LogP contribution is -2.50. The molecule has 2 amide bonds. The monoisotopic (exact) mass is 438 g/mol. The van der Waals surface area contributed by atoms with Crippen molar-refractivity contribution >= 4 is 39.0 Å². The Morgan fingerprint density at radius 1 is 1.34 bits per heavy atom. The van der Waals surface area contributed by atoms with E-state index in [0.717, 1.165) is 41.9 Å². The average Bonchev–Trinajstić information content (AvgIpc) is 3.38. The first kappa shape index (κ1) is 20.2. The Kier molecular flexibility index (Phi) is 5.30. The lowest BCUT2D eigenvalue weighted by atomic mass is 10.2. The number of hydrogen-bond acceptors (Lipinski definition) is 6. The molecule has 0 saturated carbocycles. The number of carbonyl (C=O) groups excluding carboxylic acids is 1. The van der Waals surface area contributed by atoms with E-state index < -0.39 is 16.2 Å². The van der Waals surface area contributed by atoms with Gasteiger partial charge in [0, 0.05) is 29.5 Å². The number of nitrogens with one attached hydrogen (secondary N) is 2. The predicted octanol–water partition coefficient (Wildman–Crippen LogP) is 1.86. The summed E-state index contributed by atoms with van der Waals surface area (Å²) in [4.78, 5) is 17.0. The van der Waals surface area contributed by atoms with Crippen LogP contribution in [0.2, 0.25) is 0 Å². The maximum atomic E-state index is 13.2. The SMILES string of the molecule is Cc1sc2c(c1NC(=O)NS(=O)(=O)N(c1cnn(C)c1)[C@@H]1CCN(C)C1)CCC2. The number of aryl methyl sites for hydroxylation is 3. The number of urea groups is 1. The van der Waals surface area contributed by atoms with Crippen molar-refractivity contribution in [1.29, 1.82) is 0 Å². The summed E-state index contributed by atoms with van der Waals surface area (Å²) < 4.78 is 31.4. The van der Waals surface area contributed by atoms with E-state index in [1.54, 1.807) is 29.3 Å². The number of likely N-dealkylation sites (tertiary alicyclic amines) is 1. The number of nitrogens with zero attached hydrogens (tertiary/aromatic N) is 4. The van der Waals surface area contributed by atoms with Gasteiger partial charge in [0.1, 0.15) is 0 Å². The van der Waals surface area contributed by atoms with Crippen molar-refractivity contribution in [1.82, 2.24) is 19.4 Å². The molecule has 1 aliphatic carbocycles. The highest BCUT2D eigenvalue weighted by atomic mass is 32.2. The first-order chi connectivity index (χ1) is 13.7. The van der Waals surface area contributed by atoms with Gasteiger partial charge >= 0.3 is 16.2 Å². The molecule has 1 atom stereocenters. The first-order valence-corrected chi connectivity index (χ1v) is 11.9. The van der Waals surface area contributed by atoms with Crippen LogP contribution in [-0.2, 0) is 30.1 Å². The van der Waals surface area contributed by atoms with E-state index in [9.17, 15) is 13.2 Å². The lowest BCUT2D eigenvalue weighted by Gasteiger charge is -2.28. The van der Waals surface area contributed by atoms with Crippen LogP contribution in [0, 0.1) is 6.92 Å². The molecule has 0 bridgehead atoms. The number of amides is 2. The zero-order valence-corrected chi connectivity index (χ0v) is 18.4. The van der Waals surface area contributed by atoms with Gasteiger partial charge in [0.15, 0.2) is 0 Å². The fourth-order valence-electron chi connectivity index (χ4n) is 4.18. The number of rotatable bonds is 5. The Labute approximate surface area is 174 Å². The highest BCUT2D eigenvalue weighted by molar-refractivity contribution is 7.91. The molecule has 1 fully saturated rings. The number of hydrogen-bond donors (Lipinski definition) is 2. The molecule has 0 unspecified atom stereocenters. The molecule has 1 aliphatic heterocycles. The van der Waals surface area contributed by atoms with Gasteiger partial charge in [0.25, 0.3) is 0 Å². The van der Waals surface area contributed by atoms with E-state index in [0.29, 0.717) is 18.7 Å². The van der Waals surface area contributed by atoms with Gasteiger partial charge in [-0.05, 0) is 51.8 Å². The summed E-state index contributed by atoms with van der Waals surface area (Å²) in [5.74, 6) is 0. The minimum absolute atomic E-state index is 0.262. The molecule has 0 spiro atoms. The molecule has 0 aromatic carbocycles. The summed E-state index contributed by atoms with van der Waals surface area (Å²) in [6, 6.07) is -0.998. The molecule has 158 valence electrons. The normalized spacial score (nSPS) is 19.3. The van der Waals surface area contributed by atoms with Gasteiger partial charge in [-0.2, -0.15) is 13.5 Å². The summed E-state index contributed by atoms with van der Waals surface area (Å²) in [6.07, 6.45) is 6.84. The molecule has 1 saturated heterocycles. The predicted molar refractivity (Wildman–Crippen MR) is 114 cm³/mol. The zero-order valence-electron chi connectivity index (χ0n) is 16.8. The Hall–Kier alpha value is -2.11. The van der Waals surface area contributed by atoms with E-state index in [1.165, 1.54) is 15.4 Å². The van der Waals surface area contributed by atoms with E-state index >= 15 is 0 Å². The quantitative estimate of drug-likeness (QED) is 0.742. The van der Waals surface area contributed by atoms with Crippen LogP contribution in [0.15, 0.2) is 12.4 Å². The van der Waals surface area contributed by atoms with Crippen LogP contribution in [0.5, 0.6) is 0 Å². The number of anilines is 2. The second-order valence-electron chi connectivity index (χ2n) is 7.72. The molecule has 2 aromatic heterocycles. The van der Waals surface area contributed by atoms with Crippen LogP contribution in [-0.4, -0.2) is 55.3 Å². The van der Waals surface area contributed by atoms with Gasteiger partial charge in [-0.15, -0.1) is 11.3 Å². The topological polar surface area (TPSA) is 99.6 Å². The smallest absolute Gasteiger partial charge is 0.306 e. The standard InChI is InChI=1S/C18H26N6O3S2/c1-12-17(15-5-4-6-16(15)28-12)20-18(25)21-29(26,27)24(13-7-8-22(2)10-13)14-9-19-23(3)11-14/h9,11,13H,4-8,10H2,1-3H3,(H2,20,21,25)/t13-/m1/s1.